The number of benzene rings is 1. The maximum Gasteiger partial charge on any atom is 0.496 e. The molecule has 0 N–H and O–H groups in total. The summed E-state index contributed by atoms with van der Waals surface area (Å²) < 4.78 is 44.0. The average Bonchev–Trinajstić information content (AvgIpc) is 3.14. The lowest BCUT2D eigenvalue weighted by Gasteiger charge is -2.32. The number of nitrogens with zero attached hydrogens (tertiary/aromatic N) is 1. The Morgan fingerprint density at radius 2 is 1.61 bits per heavy atom. The van der Waals surface area contributed by atoms with E-state index in [9.17, 15) is 13.2 Å². The highest BCUT2D eigenvalue weighted by Gasteiger charge is 2.52. The van der Waals surface area contributed by atoms with Gasteiger partial charge in [0, 0.05) is 11.7 Å². The molecular formula is C19H24BNO6S. The zero-order chi connectivity index (χ0) is 20.9. The normalized spacial score (nSPS) is 18.3. The van der Waals surface area contributed by atoms with Crippen molar-refractivity contribution in [2.24, 2.45) is 0 Å². The molecule has 1 aliphatic heterocycles. The first kappa shape index (κ1) is 20.6. The van der Waals surface area contributed by atoms with Crippen molar-refractivity contribution in [2.45, 2.75) is 50.7 Å². The Labute approximate surface area is 165 Å². The lowest BCUT2D eigenvalue weighted by atomic mass is 9.81. The summed E-state index contributed by atoms with van der Waals surface area (Å²) in [4.78, 5) is 12.3. The largest absolute Gasteiger partial charge is 0.496 e. The molecule has 0 unspecified atom stereocenters. The summed E-state index contributed by atoms with van der Waals surface area (Å²) in [5.74, 6) is -0.765. The average molecular weight is 405 g/mol. The maximum atomic E-state index is 13.1. The van der Waals surface area contributed by atoms with E-state index in [1.807, 2.05) is 34.6 Å². The number of aromatic nitrogens is 1. The Morgan fingerprint density at radius 3 is 2.11 bits per heavy atom. The van der Waals surface area contributed by atoms with Crippen molar-refractivity contribution >= 4 is 28.6 Å². The van der Waals surface area contributed by atoms with E-state index in [4.69, 9.17) is 14.0 Å². The molecular weight excluding hydrogens is 381 g/mol. The third-order valence-corrected chi connectivity index (χ3v) is 6.99. The van der Waals surface area contributed by atoms with E-state index in [0.29, 0.717) is 5.46 Å². The van der Waals surface area contributed by atoms with Crippen LogP contribution in [0.2, 0.25) is 0 Å². The molecule has 2 heterocycles. The zero-order valence-corrected chi connectivity index (χ0v) is 17.7. The summed E-state index contributed by atoms with van der Waals surface area (Å²) in [7, 11) is -3.60. The minimum absolute atomic E-state index is 0.0688. The van der Waals surface area contributed by atoms with Gasteiger partial charge in [0.1, 0.15) is 5.69 Å². The Hall–Kier alpha value is -2.10. The van der Waals surface area contributed by atoms with Crippen LogP contribution in [-0.4, -0.2) is 43.8 Å². The van der Waals surface area contributed by atoms with Gasteiger partial charge < -0.3 is 14.0 Å². The third-order valence-electron chi connectivity index (χ3n) is 5.30. The first-order valence-corrected chi connectivity index (χ1v) is 10.3. The van der Waals surface area contributed by atoms with Crippen molar-refractivity contribution in [2.75, 3.05) is 7.11 Å². The second-order valence-corrected chi connectivity index (χ2v) is 9.67. The second-order valence-electron chi connectivity index (χ2n) is 7.85. The van der Waals surface area contributed by atoms with E-state index in [-0.39, 0.29) is 10.6 Å². The lowest BCUT2D eigenvalue weighted by molar-refractivity contribution is 0.00578. The van der Waals surface area contributed by atoms with Gasteiger partial charge in [-0.15, -0.1) is 0 Å². The molecule has 1 fully saturated rings. The number of hydrogen-bond acceptors (Lipinski definition) is 6. The molecule has 0 aliphatic carbocycles. The summed E-state index contributed by atoms with van der Waals surface area (Å²) in [6, 6.07) is 7.83. The Morgan fingerprint density at radius 1 is 1.07 bits per heavy atom. The van der Waals surface area contributed by atoms with Crippen molar-refractivity contribution in [3.63, 3.8) is 0 Å². The molecule has 0 spiro atoms. The SMILES string of the molecule is COC(=O)c1cc(B2OC(C)(C)C(C)(C)O2)cn1S(=O)(=O)c1ccc(C)cc1. The molecule has 1 saturated heterocycles. The molecule has 9 heteroatoms. The second kappa shape index (κ2) is 6.75. The monoisotopic (exact) mass is 405 g/mol. The summed E-state index contributed by atoms with van der Waals surface area (Å²) in [6.07, 6.45) is 1.35. The first-order chi connectivity index (χ1) is 12.9. The third kappa shape index (κ3) is 3.38. The quantitative estimate of drug-likeness (QED) is 0.573. The number of ether oxygens (including phenoxy) is 1. The van der Waals surface area contributed by atoms with E-state index >= 15 is 0 Å². The standard InChI is InChI=1S/C19H24BNO6S/c1-13-7-9-15(10-8-13)28(23,24)21-12-14(11-16(21)17(22)25-6)20-26-18(2,3)19(4,5)27-20/h7-12H,1-6H3. The highest BCUT2D eigenvalue weighted by Crippen LogP contribution is 2.36. The number of rotatable bonds is 4. The zero-order valence-electron chi connectivity index (χ0n) is 16.8. The van der Waals surface area contributed by atoms with Gasteiger partial charge in [-0.05, 0) is 52.8 Å². The van der Waals surface area contributed by atoms with Crippen molar-refractivity contribution in [1.82, 2.24) is 3.97 Å². The van der Waals surface area contributed by atoms with E-state index < -0.39 is 34.3 Å². The molecule has 3 rings (SSSR count). The number of esters is 1. The molecule has 1 aromatic heterocycles. The lowest BCUT2D eigenvalue weighted by Crippen LogP contribution is -2.41. The number of aryl methyl sites for hydroxylation is 1. The van der Waals surface area contributed by atoms with E-state index in [1.165, 1.54) is 31.5 Å². The van der Waals surface area contributed by atoms with Gasteiger partial charge in [-0.25, -0.2) is 17.2 Å². The Bertz CT molecular complexity index is 992. The van der Waals surface area contributed by atoms with Gasteiger partial charge in [-0.2, -0.15) is 0 Å². The number of carbonyl (C=O) groups is 1. The summed E-state index contributed by atoms with van der Waals surface area (Å²) in [5, 5.41) is 0. The number of methoxy groups -OCH3 is 1. The van der Waals surface area contributed by atoms with Gasteiger partial charge in [-0.3, -0.25) is 0 Å². The van der Waals surface area contributed by atoms with Gasteiger partial charge in [0.2, 0.25) is 0 Å². The summed E-state index contributed by atoms with van der Waals surface area (Å²) in [6.45, 7) is 9.45. The van der Waals surface area contributed by atoms with Crippen molar-refractivity contribution < 1.29 is 27.3 Å². The highest BCUT2D eigenvalue weighted by atomic mass is 32.2. The van der Waals surface area contributed by atoms with Crippen LogP contribution in [0.4, 0.5) is 0 Å². The molecule has 0 amide bonds. The first-order valence-electron chi connectivity index (χ1n) is 8.87. The van der Waals surface area contributed by atoms with Crippen LogP contribution in [0, 0.1) is 6.92 Å². The molecule has 0 bridgehead atoms. The molecule has 1 aliphatic rings. The van der Waals surface area contributed by atoms with E-state index in [0.717, 1.165) is 9.54 Å². The summed E-state index contributed by atoms with van der Waals surface area (Å²) in [5.41, 5.74) is 0.0438. The van der Waals surface area contributed by atoms with E-state index in [2.05, 4.69) is 0 Å². The molecule has 1 aromatic carbocycles. The minimum Gasteiger partial charge on any atom is -0.464 e. The molecule has 0 atom stereocenters. The minimum atomic E-state index is -4.00. The number of hydrogen-bond donors (Lipinski definition) is 0. The van der Waals surface area contributed by atoms with Crippen LogP contribution in [0.3, 0.4) is 0 Å². The topological polar surface area (TPSA) is 83.8 Å². The smallest absolute Gasteiger partial charge is 0.464 e. The van der Waals surface area contributed by atoms with Crippen molar-refractivity contribution in [3.8, 4) is 0 Å². The fraction of sp³-hybridized carbons (Fsp3) is 0.421. The predicted octanol–water partition coefficient (Wildman–Crippen LogP) is 2.12. The molecule has 7 nitrogen and oxygen atoms in total. The Kier molecular flexibility index (Phi) is 4.98. The highest BCUT2D eigenvalue weighted by molar-refractivity contribution is 7.90. The molecule has 28 heavy (non-hydrogen) atoms. The van der Waals surface area contributed by atoms with Crippen molar-refractivity contribution in [1.29, 1.82) is 0 Å². The summed E-state index contributed by atoms with van der Waals surface area (Å²) >= 11 is 0. The van der Waals surface area contributed by atoms with Crippen LogP contribution in [-0.2, 0) is 24.1 Å². The van der Waals surface area contributed by atoms with Gasteiger partial charge >= 0.3 is 13.1 Å². The number of carbonyl (C=O) groups excluding carboxylic acids is 1. The van der Waals surface area contributed by atoms with Gasteiger partial charge in [-0.1, -0.05) is 17.7 Å². The van der Waals surface area contributed by atoms with Crippen LogP contribution < -0.4 is 5.46 Å². The van der Waals surface area contributed by atoms with E-state index in [1.54, 1.807) is 12.1 Å². The van der Waals surface area contributed by atoms with Crippen LogP contribution in [0.5, 0.6) is 0 Å². The molecule has 0 radical (unpaired) electrons. The van der Waals surface area contributed by atoms with Gasteiger partial charge in [0.25, 0.3) is 10.0 Å². The van der Waals surface area contributed by atoms with Crippen molar-refractivity contribution in [3.05, 3.63) is 47.8 Å². The fourth-order valence-electron chi connectivity index (χ4n) is 2.85. The Balaban J connectivity index is 2.09. The molecule has 0 saturated carbocycles. The molecule has 2 aromatic rings. The maximum absolute atomic E-state index is 13.1. The fourth-order valence-corrected chi connectivity index (χ4v) is 4.20. The molecule has 150 valence electrons. The van der Waals surface area contributed by atoms with Crippen LogP contribution in [0.15, 0.2) is 41.4 Å². The van der Waals surface area contributed by atoms with Gasteiger partial charge in [0.05, 0.1) is 23.2 Å². The predicted molar refractivity (Wildman–Crippen MR) is 105 cm³/mol. The van der Waals surface area contributed by atoms with Gasteiger partial charge in [0.15, 0.2) is 0 Å². The van der Waals surface area contributed by atoms with Crippen LogP contribution in [0.1, 0.15) is 43.7 Å². The van der Waals surface area contributed by atoms with Crippen LogP contribution in [0.25, 0.3) is 0 Å². The van der Waals surface area contributed by atoms with Crippen LogP contribution >= 0.6 is 0 Å².